The van der Waals surface area contributed by atoms with Gasteiger partial charge >= 0.3 is 0 Å². The highest BCUT2D eigenvalue weighted by Gasteiger charge is 1.97. The van der Waals surface area contributed by atoms with Crippen LogP contribution in [0.15, 0.2) is 60.7 Å². The fraction of sp³-hybridized carbons (Fsp3) is 0.176. The van der Waals surface area contributed by atoms with Crippen molar-refractivity contribution in [2.45, 2.75) is 13.5 Å². The van der Waals surface area contributed by atoms with E-state index in [1.807, 2.05) is 55.5 Å². The SMILES string of the molecule is C=C(C)CNc1ccc(OCc2ccc(Cl)cc2)cc1. The van der Waals surface area contributed by atoms with Gasteiger partial charge in [-0.3, -0.25) is 0 Å². The van der Waals surface area contributed by atoms with Crippen LogP contribution >= 0.6 is 11.6 Å². The predicted octanol–water partition coefficient (Wildman–Crippen LogP) is 4.91. The van der Waals surface area contributed by atoms with E-state index >= 15 is 0 Å². The number of rotatable bonds is 6. The van der Waals surface area contributed by atoms with E-state index in [0.717, 1.165) is 34.1 Å². The molecule has 0 amide bonds. The van der Waals surface area contributed by atoms with E-state index in [-0.39, 0.29) is 0 Å². The molecule has 2 aromatic rings. The first kappa shape index (κ1) is 14.5. The summed E-state index contributed by atoms with van der Waals surface area (Å²) >= 11 is 5.84. The molecule has 0 aliphatic heterocycles. The van der Waals surface area contributed by atoms with E-state index in [1.165, 1.54) is 0 Å². The van der Waals surface area contributed by atoms with Crippen molar-refractivity contribution in [3.05, 3.63) is 71.3 Å². The summed E-state index contributed by atoms with van der Waals surface area (Å²) in [6.45, 7) is 7.18. The molecule has 0 aliphatic carbocycles. The zero-order chi connectivity index (χ0) is 14.4. The molecular formula is C17H18ClNO. The molecule has 0 heterocycles. The second-order valence-corrected chi connectivity index (χ2v) is 5.19. The summed E-state index contributed by atoms with van der Waals surface area (Å²) in [6, 6.07) is 15.6. The van der Waals surface area contributed by atoms with E-state index < -0.39 is 0 Å². The average Bonchev–Trinajstić information content (AvgIpc) is 2.45. The van der Waals surface area contributed by atoms with Crippen molar-refractivity contribution in [2.75, 3.05) is 11.9 Å². The minimum Gasteiger partial charge on any atom is -0.489 e. The third-order valence-electron chi connectivity index (χ3n) is 2.77. The zero-order valence-electron chi connectivity index (χ0n) is 11.5. The van der Waals surface area contributed by atoms with Crippen LogP contribution in [0.1, 0.15) is 12.5 Å². The van der Waals surface area contributed by atoms with Gasteiger partial charge in [-0.1, -0.05) is 35.9 Å². The van der Waals surface area contributed by atoms with Gasteiger partial charge in [-0.25, -0.2) is 0 Å². The van der Waals surface area contributed by atoms with E-state index in [1.54, 1.807) is 0 Å². The maximum atomic E-state index is 5.84. The maximum absolute atomic E-state index is 5.84. The number of hydrogen-bond acceptors (Lipinski definition) is 2. The Morgan fingerprint density at radius 1 is 1.10 bits per heavy atom. The van der Waals surface area contributed by atoms with Crippen LogP contribution in [0, 0.1) is 0 Å². The van der Waals surface area contributed by atoms with Crippen LogP contribution in [0.3, 0.4) is 0 Å². The lowest BCUT2D eigenvalue weighted by molar-refractivity contribution is 0.306. The van der Waals surface area contributed by atoms with Crippen molar-refractivity contribution in [3.63, 3.8) is 0 Å². The van der Waals surface area contributed by atoms with Gasteiger partial charge in [0.15, 0.2) is 0 Å². The quantitative estimate of drug-likeness (QED) is 0.763. The minimum absolute atomic E-state index is 0.537. The smallest absolute Gasteiger partial charge is 0.119 e. The molecule has 2 rings (SSSR count). The standard InChI is InChI=1S/C17H18ClNO/c1-13(2)11-19-16-7-9-17(10-8-16)20-12-14-3-5-15(18)6-4-14/h3-10,19H,1,11-12H2,2H3. The fourth-order valence-electron chi connectivity index (χ4n) is 1.67. The molecule has 2 aromatic carbocycles. The average molecular weight is 288 g/mol. The lowest BCUT2D eigenvalue weighted by Gasteiger charge is -2.09. The Morgan fingerprint density at radius 2 is 1.75 bits per heavy atom. The number of benzene rings is 2. The Bertz CT molecular complexity index is 561. The molecule has 20 heavy (non-hydrogen) atoms. The number of halogens is 1. The van der Waals surface area contributed by atoms with Crippen molar-refractivity contribution >= 4 is 17.3 Å². The molecule has 0 bridgehead atoms. The molecule has 2 nitrogen and oxygen atoms in total. The Balaban J connectivity index is 1.87. The van der Waals surface area contributed by atoms with Crippen LogP contribution in [0.2, 0.25) is 5.02 Å². The van der Waals surface area contributed by atoms with Gasteiger partial charge in [-0.05, 0) is 48.9 Å². The number of ether oxygens (including phenoxy) is 1. The van der Waals surface area contributed by atoms with Gasteiger partial charge < -0.3 is 10.1 Å². The molecule has 0 saturated heterocycles. The van der Waals surface area contributed by atoms with Gasteiger partial charge in [-0.15, -0.1) is 0 Å². The monoisotopic (exact) mass is 287 g/mol. The molecule has 0 radical (unpaired) electrons. The van der Waals surface area contributed by atoms with Crippen molar-refractivity contribution in [3.8, 4) is 5.75 Å². The summed E-state index contributed by atoms with van der Waals surface area (Å²) in [7, 11) is 0. The highest BCUT2D eigenvalue weighted by molar-refractivity contribution is 6.30. The largest absolute Gasteiger partial charge is 0.489 e. The van der Waals surface area contributed by atoms with Crippen molar-refractivity contribution < 1.29 is 4.74 Å². The van der Waals surface area contributed by atoms with Crippen LogP contribution in [-0.4, -0.2) is 6.54 Å². The molecule has 0 spiro atoms. The minimum atomic E-state index is 0.537. The van der Waals surface area contributed by atoms with Gasteiger partial charge in [0.1, 0.15) is 12.4 Å². The summed E-state index contributed by atoms with van der Waals surface area (Å²) in [5, 5.41) is 4.02. The Hall–Kier alpha value is -1.93. The van der Waals surface area contributed by atoms with E-state index in [0.29, 0.717) is 6.61 Å². The molecule has 0 aliphatic rings. The highest BCUT2D eigenvalue weighted by Crippen LogP contribution is 2.18. The Morgan fingerprint density at radius 3 is 2.35 bits per heavy atom. The Kier molecular flexibility index (Phi) is 5.08. The Labute approximate surface area is 125 Å². The molecule has 0 saturated carbocycles. The van der Waals surface area contributed by atoms with Crippen LogP contribution in [0.5, 0.6) is 5.75 Å². The molecule has 0 fully saturated rings. The van der Waals surface area contributed by atoms with E-state index in [9.17, 15) is 0 Å². The molecule has 0 atom stereocenters. The molecule has 104 valence electrons. The van der Waals surface area contributed by atoms with Gasteiger partial charge in [0.05, 0.1) is 0 Å². The molecule has 0 aromatic heterocycles. The normalized spacial score (nSPS) is 10.1. The lowest BCUT2D eigenvalue weighted by atomic mass is 10.2. The molecule has 3 heteroatoms. The van der Waals surface area contributed by atoms with Gasteiger partial charge in [-0.2, -0.15) is 0 Å². The molecule has 1 N–H and O–H groups in total. The summed E-state index contributed by atoms with van der Waals surface area (Å²) in [4.78, 5) is 0. The zero-order valence-corrected chi connectivity index (χ0v) is 12.3. The van der Waals surface area contributed by atoms with Crippen LogP contribution in [-0.2, 0) is 6.61 Å². The summed E-state index contributed by atoms with van der Waals surface area (Å²) < 4.78 is 5.72. The fourth-order valence-corrected chi connectivity index (χ4v) is 1.80. The van der Waals surface area contributed by atoms with Gasteiger partial charge in [0.2, 0.25) is 0 Å². The molecule has 0 unspecified atom stereocenters. The topological polar surface area (TPSA) is 21.3 Å². The third kappa shape index (κ3) is 4.63. The molecular weight excluding hydrogens is 270 g/mol. The van der Waals surface area contributed by atoms with Crippen molar-refractivity contribution in [1.29, 1.82) is 0 Å². The van der Waals surface area contributed by atoms with Crippen LogP contribution in [0.25, 0.3) is 0 Å². The first-order valence-corrected chi connectivity index (χ1v) is 6.87. The highest BCUT2D eigenvalue weighted by atomic mass is 35.5. The third-order valence-corrected chi connectivity index (χ3v) is 3.02. The van der Waals surface area contributed by atoms with Crippen molar-refractivity contribution in [1.82, 2.24) is 0 Å². The second kappa shape index (κ2) is 7.01. The lowest BCUT2D eigenvalue weighted by Crippen LogP contribution is -2.01. The summed E-state index contributed by atoms with van der Waals surface area (Å²) in [5.74, 6) is 0.848. The predicted molar refractivity (Wildman–Crippen MR) is 85.5 cm³/mol. The van der Waals surface area contributed by atoms with Gasteiger partial charge in [0.25, 0.3) is 0 Å². The van der Waals surface area contributed by atoms with E-state index in [2.05, 4.69) is 11.9 Å². The van der Waals surface area contributed by atoms with E-state index in [4.69, 9.17) is 16.3 Å². The summed E-state index contributed by atoms with van der Waals surface area (Å²) in [6.07, 6.45) is 0. The second-order valence-electron chi connectivity index (χ2n) is 4.75. The van der Waals surface area contributed by atoms with Crippen molar-refractivity contribution in [2.24, 2.45) is 0 Å². The van der Waals surface area contributed by atoms with Crippen LogP contribution in [0.4, 0.5) is 5.69 Å². The van der Waals surface area contributed by atoms with Gasteiger partial charge in [0, 0.05) is 17.3 Å². The first-order valence-electron chi connectivity index (χ1n) is 6.49. The number of hydrogen-bond donors (Lipinski definition) is 1. The summed E-state index contributed by atoms with van der Waals surface area (Å²) in [5.41, 5.74) is 3.26. The number of nitrogens with one attached hydrogen (secondary N) is 1. The van der Waals surface area contributed by atoms with Crippen LogP contribution < -0.4 is 10.1 Å². The first-order chi connectivity index (χ1) is 9.63. The number of anilines is 1. The maximum Gasteiger partial charge on any atom is 0.119 e.